The van der Waals surface area contributed by atoms with Gasteiger partial charge in [0.1, 0.15) is 5.82 Å². The lowest BCUT2D eigenvalue weighted by atomic mass is 9.94. The molecule has 21 heavy (non-hydrogen) atoms. The second kappa shape index (κ2) is 5.85. The standard InChI is InChI=1S/C16H24N4O/c1-4-7-14-19-12-8-5-6-9-13(12)20(14)11(2)10-16(3,18)15(17)21/h5-6,8-9,11H,4,7,10,18H2,1-3H3,(H2,17,21). The zero-order valence-electron chi connectivity index (χ0n) is 13.0. The third-order valence-corrected chi connectivity index (χ3v) is 3.87. The molecular weight excluding hydrogens is 264 g/mol. The van der Waals surface area contributed by atoms with Crippen LogP contribution >= 0.6 is 0 Å². The molecule has 0 aliphatic rings. The Morgan fingerprint density at radius 1 is 1.43 bits per heavy atom. The molecule has 0 bridgehead atoms. The number of primary amides is 1. The van der Waals surface area contributed by atoms with Crippen LogP contribution < -0.4 is 11.5 Å². The Hall–Kier alpha value is -1.88. The minimum Gasteiger partial charge on any atom is -0.368 e. The van der Waals surface area contributed by atoms with Gasteiger partial charge < -0.3 is 16.0 Å². The molecule has 1 amide bonds. The molecule has 0 spiro atoms. The third-order valence-electron chi connectivity index (χ3n) is 3.87. The molecule has 0 saturated carbocycles. The number of rotatable bonds is 6. The highest BCUT2D eigenvalue weighted by atomic mass is 16.1. The third kappa shape index (κ3) is 3.08. The summed E-state index contributed by atoms with van der Waals surface area (Å²) in [6.07, 6.45) is 2.40. The van der Waals surface area contributed by atoms with Crippen molar-refractivity contribution in [3.63, 3.8) is 0 Å². The molecule has 2 aromatic rings. The molecule has 1 heterocycles. The monoisotopic (exact) mass is 288 g/mol. The lowest BCUT2D eigenvalue weighted by molar-refractivity contribution is -0.123. The first kappa shape index (κ1) is 15.5. The zero-order chi connectivity index (χ0) is 15.6. The highest BCUT2D eigenvalue weighted by Gasteiger charge is 2.29. The highest BCUT2D eigenvalue weighted by Crippen LogP contribution is 2.26. The van der Waals surface area contributed by atoms with Crippen molar-refractivity contribution in [1.82, 2.24) is 9.55 Å². The summed E-state index contributed by atoms with van der Waals surface area (Å²) in [5.74, 6) is 0.558. The predicted molar refractivity (Wildman–Crippen MR) is 84.8 cm³/mol. The van der Waals surface area contributed by atoms with E-state index in [0.717, 1.165) is 29.7 Å². The summed E-state index contributed by atoms with van der Waals surface area (Å²) in [7, 11) is 0. The van der Waals surface area contributed by atoms with Gasteiger partial charge in [0.2, 0.25) is 5.91 Å². The van der Waals surface area contributed by atoms with Crippen molar-refractivity contribution < 1.29 is 4.79 Å². The summed E-state index contributed by atoms with van der Waals surface area (Å²) in [5.41, 5.74) is 12.5. The number of benzene rings is 1. The number of aryl methyl sites for hydroxylation is 1. The fourth-order valence-electron chi connectivity index (χ4n) is 2.79. The molecule has 0 radical (unpaired) electrons. The van der Waals surface area contributed by atoms with E-state index < -0.39 is 11.4 Å². The van der Waals surface area contributed by atoms with Gasteiger partial charge in [-0.3, -0.25) is 4.79 Å². The minimum atomic E-state index is -1.02. The number of carbonyl (C=O) groups excluding carboxylic acids is 1. The number of carbonyl (C=O) groups is 1. The molecule has 1 aromatic carbocycles. The second-order valence-corrected chi connectivity index (χ2v) is 5.97. The Bertz CT molecular complexity index is 645. The number of nitrogens with two attached hydrogens (primary N) is 2. The summed E-state index contributed by atoms with van der Waals surface area (Å²) in [4.78, 5) is 16.2. The van der Waals surface area contributed by atoms with Gasteiger partial charge in [-0.1, -0.05) is 19.1 Å². The highest BCUT2D eigenvalue weighted by molar-refractivity contribution is 5.84. The summed E-state index contributed by atoms with van der Waals surface area (Å²) >= 11 is 0. The first-order chi connectivity index (χ1) is 9.86. The molecule has 0 aliphatic heterocycles. The molecule has 2 atom stereocenters. The fraction of sp³-hybridized carbons (Fsp3) is 0.500. The van der Waals surface area contributed by atoms with Gasteiger partial charge in [0.05, 0.1) is 16.6 Å². The number of hydrogen-bond acceptors (Lipinski definition) is 3. The van der Waals surface area contributed by atoms with Crippen LogP contribution in [0.4, 0.5) is 0 Å². The first-order valence-electron chi connectivity index (χ1n) is 7.41. The van der Waals surface area contributed by atoms with E-state index >= 15 is 0 Å². The Labute approximate surface area is 125 Å². The summed E-state index contributed by atoms with van der Waals surface area (Å²) in [6.45, 7) is 5.87. The number of hydrogen-bond donors (Lipinski definition) is 2. The van der Waals surface area contributed by atoms with Gasteiger partial charge in [-0.2, -0.15) is 0 Å². The van der Waals surface area contributed by atoms with Crippen molar-refractivity contribution in [2.24, 2.45) is 11.5 Å². The zero-order valence-corrected chi connectivity index (χ0v) is 13.0. The SMILES string of the molecule is CCCc1nc2ccccc2n1C(C)CC(C)(N)C(N)=O. The molecule has 0 saturated heterocycles. The van der Waals surface area contributed by atoms with Crippen molar-refractivity contribution >= 4 is 16.9 Å². The van der Waals surface area contributed by atoms with Crippen LogP contribution in [0.2, 0.25) is 0 Å². The van der Waals surface area contributed by atoms with Gasteiger partial charge in [-0.25, -0.2) is 4.98 Å². The van der Waals surface area contributed by atoms with Crippen molar-refractivity contribution in [3.8, 4) is 0 Å². The van der Waals surface area contributed by atoms with Crippen LogP contribution in [0.25, 0.3) is 11.0 Å². The van der Waals surface area contributed by atoms with Crippen molar-refractivity contribution in [2.45, 2.75) is 51.6 Å². The first-order valence-corrected chi connectivity index (χ1v) is 7.41. The number of nitrogens with zero attached hydrogens (tertiary/aromatic N) is 2. The summed E-state index contributed by atoms with van der Waals surface area (Å²) < 4.78 is 2.19. The quantitative estimate of drug-likeness (QED) is 0.853. The molecular formula is C16H24N4O. The Balaban J connectivity index is 2.43. The Morgan fingerprint density at radius 3 is 2.71 bits per heavy atom. The minimum absolute atomic E-state index is 0.0569. The number of fused-ring (bicyclic) bond motifs is 1. The molecule has 1 aromatic heterocycles. The van der Waals surface area contributed by atoms with E-state index in [9.17, 15) is 4.79 Å². The van der Waals surface area contributed by atoms with Gasteiger partial charge in [0, 0.05) is 12.5 Å². The maximum absolute atomic E-state index is 11.5. The van der Waals surface area contributed by atoms with E-state index in [1.165, 1.54) is 0 Å². The number of imidazole rings is 1. The maximum Gasteiger partial charge on any atom is 0.237 e. The maximum atomic E-state index is 11.5. The van der Waals surface area contributed by atoms with E-state index in [1.54, 1.807) is 6.92 Å². The summed E-state index contributed by atoms with van der Waals surface area (Å²) in [5, 5.41) is 0. The molecule has 2 rings (SSSR count). The Kier molecular flexibility index (Phi) is 4.32. The summed E-state index contributed by atoms with van der Waals surface area (Å²) in [6, 6.07) is 8.10. The van der Waals surface area contributed by atoms with E-state index in [0.29, 0.717) is 6.42 Å². The van der Waals surface area contributed by atoms with E-state index in [1.807, 2.05) is 18.2 Å². The van der Waals surface area contributed by atoms with Crippen molar-refractivity contribution in [1.29, 1.82) is 0 Å². The number of para-hydroxylation sites is 2. The average molecular weight is 288 g/mol. The van der Waals surface area contributed by atoms with Crippen LogP contribution in [-0.4, -0.2) is 21.0 Å². The van der Waals surface area contributed by atoms with Crippen molar-refractivity contribution in [2.75, 3.05) is 0 Å². The smallest absolute Gasteiger partial charge is 0.237 e. The normalized spacial score (nSPS) is 15.8. The average Bonchev–Trinajstić information content (AvgIpc) is 2.76. The number of amides is 1. The van der Waals surface area contributed by atoms with Crippen LogP contribution in [0.1, 0.15) is 45.5 Å². The van der Waals surface area contributed by atoms with Gasteiger partial charge >= 0.3 is 0 Å². The van der Waals surface area contributed by atoms with Crippen LogP contribution in [0.15, 0.2) is 24.3 Å². The van der Waals surface area contributed by atoms with Crippen LogP contribution in [-0.2, 0) is 11.2 Å². The molecule has 2 unspecified atom stereocenters. The molecule has 0 aliphatic carbocycles. The molecule has 5 nitrogen and oxygen atoms in total. The molecule has 5 heteroatoms. The van der Waals surface area contributed by atoms with Gasteiger partial charge in [0.25, 0.3) is 0 Å². The van der Waals surface area contributed by atoms with Crippen LogP contribution in [0.3, 0.4) is 0 Å². The fourth-order valence-corrected chi connectivity index (χ4v) is 2.79. The topological polar surface area (TPSA) is 86.9 Å². The lowest BCUT2D eigenvalue weighted by Crippen LogP contribution is -2.50. The largest absolute Gasteiger partial charge is 0.368 e. The van der Waals surface area contributed by atoms with Gasteiger partial charge in [-0.15, -0.1) is 0 Å². The predicted octanol–water partition coefficient (Wildman–Crippen LogP) is 2.14. The molecule has 0 fully saturated rings. The second-order valence-electron chi connectivity index (χ2n) is 5.97. The molecule has 4 N–H and O–H groups in total. The van der Waals surface area contributed by atoms with Gasteiger partial charge in [0.15, 0.2) is 0 Å². The molecule has 114 valence electrons. The van der Waals surface area contributed by atoms with Crippen LogP contribution in [0, 0.1) is 0 Å². The number of aromatic nitrogens is 2. The van der Waals surface area contributed by atoms with E-state index in [4.69, 9.17) is 16.5 Å². The lowest BCUT2D eigenvalue weighted by Gasteiger charge is -2.26. The van der Waals surface area contributed by atoms with Crippen LogP contribution in [0.5, 0.6) is 0 Å². The van der Waals surface area contributed by atoms with E-state index in [2.05, 4.69) is 24.5 Å². The van der Waals surface area contributed by atoms with E-state index in [-0.39, 0.29) is 6.04 Å². The van der Waals surface area contributed by atoms with Crippen molar-refractivity contribution in [3.05, 3.63) is 30.1 Å². The Morgan fingerprint density at radius 2 is 2.10 bits per heavy atom. The van der Waals surface area contributed by atoms with Gasteiger partial charge in [-0.05, 0) is 38.8 Å².